The van der Waals surface area contributed by atoms with Gasteiger partial charge in [0, 0.05) is 19.6 Å². The maximum atomic E-state index is 9.24. The molecule has 0 aromatic rings. The topological polar surface area (TPSA) is 77.8 Å². The number of hydrogen-bond acceptors (Lipinski definition) is 4. The van der Waals surface area contributed by atoms with Gasteiger partial charge in [-0.2, -0.15) is 0 Å². The first-order chi connectivity index (χ1) is 5.18. The summed E-state index contributed by atoms with van der Waals surface area (Å²) in [5.41, 5.74) is 0. The number of aliphatic hydroxyl groups excluding tert-OH is 3. The highest BCUT2D eigenvalue weighted by Gasteiger charge is 1.88. The van der Waals surface area contributed by atoms with Crippen molar-refractivity contribution in [2.45, 2.75) is 25.9 Å². The zero-order chi connectivity index (χ0) is 9.11. The molecule has 11 heavy (non-hydrogen) atoms. The predicted molar refractivity (Wildman–Crippen MR) is 41.2 cm³/mol. The van der Waals surface area contributed by atoms with Crippen molar-refractivity contribution in [3.05, 3.63) is 0 Å². The van der Waals surface area contributed by atoms with Gasteiger partial charge in [0.1, 0.15) is 6.29 Å². The molecule has 0 heterocycles. The van der Waals surface area contributed by atoms with Crippen molar-refractivity contribution in [3.8, 4) is 0 Å². The molecule has 3 N–H and O–H groups in total. The number of carbonyl (C=O) groups is 1. The van der Waals surface area contributed by atoms with Gasteiger partial charge in [-0.3, -0.25) is 0 Å². The van der Waals surface area contributed by atoms with Gasteiger partial charge >= 0.3 is 0 Å². The maximum absolute atomic E-state index is 9.24. The molecule has 0 aromatic heterocycles. The van der Waals surface area contributed by atoms with Crippen LogP contribution in [0.25, 0.3) is 0 Å². The average Bonchev–Trinajstić information content (AvgIpc) is 1.90. The molecule has 4 heteroatoms. The van der Waals surface area contributed by atoms with E-state index >= 15 is 0 Å². The Bertz CT molecular complexity index is 72.8. The van der Waals surface area contributed by atoms with E-state index in [2.05, 4.69) is 0 Å². The number of rotatable bonds is 4. The van der Waals surface area contributed by atoms with Crippen molar-refractivity contribution in [1.29, 1.82) is 0 Å². The Morgan fingerprint density at radius 3 is 1.91 bits per heavy atom. The van der Waals surface area contributed by atoms with E-state index in [1.165, 1.54) is 0 Å². The zero-order valence-electron chi connectivity index (χ0n) is 6.73. The van der Waals surface area contributed by atoms with Crippen molar-refractivity contribution < 1.29 is 20.1 Å². The van der Waals surface area contributed by atoms with Gasteiger partial charge in [-0.25, -0.2) is 0 Å². The van der Waals surface area contributed by atoms with Crippen LogP contribution in [0.5, 0.6) is 0 Å². The predicted octanol–water partition coefficient (Wildman–Crippen LogP) is -0.683. The van der Waals surface area contributed by atoms with Crippen LogP contribution >= 0.6 is 0 Å². The molecule has 0 rings (SSSR count). The van der Waals surface area contributed by atoms with Gasteiger partial charge in [0.2, 0.25) is 0 Å². The Kier molecular flexibility index (Phi) is 14.7. The molecular formula is C7H16O4. The Morgan fingerprint density at radius 1 is 1.36 bits per heavy atom. The minimum Gasteiger partial charge on any atom is -0.396 e. The lowest BCUT2D eigenvalue weighted by molar-refractivity contribution is -0.108. The van der Waals surface area contributed by atoms with E-state index in [0.717, 1.165) is 0 Å². The fourth-order valence-electron chi connectivity index (χ4n) is 0.240. The lowest BCUT2D eigenvalue weighted by Crippen LogP contribution is -2.00. The van der Waals surface area contributed by atoms with Crippen LogP contribution in [0.15, 0.2) is 0 Å². The second-order valence-electron chi connectivity index (χ2n) is 2.04. The summed E-state index contributed by atoms with van der Waals surface area (Å²) in [7, 11) is 0. The monoisotopic (exact) mass is 164 g/mol. The SMILES string of the molecule is CC(O)CCO.O=CCCO. The lowest BCUT2D eigenvalue weighted by atomic mass is 10.3. The smallest absolute Gasteiger partial charge is 0.122 e. The molecule has 68 valence electrons. The second kappa shape index (κ2) is 12.2. The molecule has 0 aliphatic carbocycles. The molecule has 0 aliphatic heterocycles. The Morgan fingerprint density at radius 2 is 1.91 bits per heavy atom. The van der Waals surface area contributed by atoms with E-state index in [9.17, 15) is 4.79 Å². The van der Waals surface area contributed by atoms with Gasteiger partial charge < -0.3 is 20.1 Å². The first kappa shape index (κ1) is 13.2. The summed E-state index contributed by atoms with van der Waals surface area (Å²) < 4.78 is 0. The van der Waals surface area contributed by atoms with E-state index in [1.54, 1.807) is 6.92 Å². The van der Waals surface area contributed by atoms with E-state index in [-0.39, 0.29) is 25.7 Å². The summed E-state index contributed by atoms with van der Waals surface area (Å²) in [6.07, 6.45) is 1.08. The molecular weight excluding hydrogens is 148 g/mol. The van der Waals surface area contributed by atoms with Gasteiger partial charge in [0.05, 0.1) is 6.10 Å². The van der Waals surface area contributed by atoms with Gasteiger partial charge in [0.25, 0.3) is 0 Å². The standard InChI is InChI=1S/C4H10O2.C3H6O2/c1-4(6)2-3-5;4-2-1-3-5/h4-6H,2-3H2,1H3;2,5H,1,3H2. The van der Waals surface area contributed by atoms with Gasteiger partial charge in [-0.1, -0.05) is 0 Å². The average molecular weight is 164 g/mol. The summed E-state index contributed by atoms with van der Waals surface area (Å²) in [6.45, 7) is 1.71. The molecule has 0 aliphatic rings. The third-order valence-corrected chi connectivity index (χ3v) is 0.794. The van der Waals surface area contributed by atoms with Crippen LogP contribution in [0.3, 0.4) is 0 Å². The van der Waals surface area contributed by atoms with Crippen molar-refractivity contribution in [1.82, 2.24) is 0 Å². The van der Waals surface area contributed by atoms with E-state index < -0.39 is 0 Å². The summed E-state index contributed by atoms with van der Waals surface area (Å²) >= 11 is 0. The first-order valence-corrected chi connectivity index (χ1v) is 3.52. The molecule has 1 unspecified atom stereocenters. The highest BCUT2D eigenvalue weighted by atomic mass is 16.3. The number of carbonyl (C=O) groups excluding carboxylic acids is 1. The van der Waals surface area contributed by atoms with Crippen molar-refractivity contribution in [2.24, 2.45) is 0 Å². The molecule has 0 radical (unpaired) electrons. The summed E-state index contributed by atoms with van der Waals surface area (Å²) in [5, 5.41) is 24.3. The maximum Gasteiger partial charge on any atom is 0.122 e. The Hall–Kier alpha value is -0.450. The molecule has 0 bridgehead atoms. The van der Waals surface area contributed by atoms with E-state index in [1.807, 2.05) is 0 Å². The van der Waals surface area contributed by atoms with Crippen LogP contribution in [0, 0.1) is 0 Å². The molecule has 0 aromatic carbocycles. The molecule has 4 nitrogen and oxygen atoms in total. The fourth-order valence-corrected chi connectivity index (χ4v) is 0.240. The summed E-state index contributed by atoms with van der Waals surface area (Å²) in [6, 6.07) is 0. The highest BCUT2D eigenvalue weighted by Crippen LogP contribution is 1.83. The summed E-state index contributed by atoms with van der Waals surface area (Å²) in [5.74, 6) is 0. The van der Waals surface area contributed by atoms with Crippen molar-refractivity contribution in [3.63, 3.8) is 0 Å². The fraction of sp³-hybridized carbons (Fsp3) is 0.857. The van der Waals surface area contributed by atoms with Crippen LogP contribution in [0.1, 0.15) is 19.8 Å². The first-order valence-electron chi connectivity index (χ1n) is 3.52. The van der Waals surface area contributed by atoms with Crippen molar-refractivity contribution >= 4 is 6.29 Å². The molecule has 0 saturated heterocycles. The number of aldehydes is 1. The minimum atomic E-state index is -0.352. The normalized spacial score (nSPS) is 11.3. The molecule has 0 fully saturated rings. The molecule has 1 atom stereocenters. The highest BCUT2D eigenvalue weighted by molar-refractivity contribution is 5.49. The van der Waals surface area contributed by atoms with Gasteiger partial charge in [0.15, 0.2) is 0 Å². The van der Waals surface area contributed by atoms with Crippen LogP contribution in [-0.4, -0.2) is 40.9 Å². The Labute approximate surface area is 66.5 Å². The lowest BCUT2D eigenvalue weighted by Gasteiger charge is -1.95. The number of aliphatic hydroxyl groups is 3. The third kappa shape index (κ3) is 26.3. The number of hydrogen-bond donors (Lipinski definition) is 3. The van der Waals surface area contributed by atoms with Gasteiger partial charge in [-0.05, 0) is 13.3 Å². The van der Waals surface area contributed by atoms with E-state index in [4.69, 9.17) is 15.3 Å². The second-order valence-corrected chi connectivity index (χ2v) is 2.04. The van der Waals surface area contributed by atoms with Crippen LogP contribution in [-0.2, 0) is 4.79 Å². The van der Waals surface area contributed by atoms with Crippen LogP contribution in [0.2, 0.25) is 0 Å². The summed E-state index contributed by atoms with van der Waals surface area (Å²) in [4.78, 5) is 9.24. The van der Waals surface area contributed by atoms with E-state index in [0.29, 0.717) is 12.7 Å². The quantitative estimate of drug-likeness (QED) is 0.481. The molecule has 0 saturated carbocycles. The third-order valence-electron chi connectivity index (χ3n) is 0.794. The van der Waals surface area contributed by atoms with Crippen LogP contribution in [0.4, 0.5) is 0 Å². The largest absolute Gasteiger partial charge is 0.396 e. The molecule has 0 amide bonds. The Balaban J connectivity index is 0. The van der Waals surface area contributed by atoms with Gasteiger partial charge in [-0.15, -0.1) is 0 Å². The minimum absolute atomic E-state index is 0.0243. The van der Waals surface area contributed by atoms with Crippen molar-refractivity contribution in [2.75, 3.05) is 13.2 Å². The van der Waals surface area contributed by atoms with Crippen LogP contribution < -0.4 is 0 Å². The molecule has 0 spiro atoms. The zero-order valence-corrected chi connectivity index (χ0v) is 6.73.